The van der Waals surface area contributed by atoms with E-state index in [0.29, 0.717) is 22.7 Å². The molecular weight excluding hydrogens is 252 g/mol. The number of anilines is 1. The molecule has 0 saturated heterocycles. The average Bonchev–Trinajstić information content (AvgIpc) is 2.69. The van der Waals surface area contributed by atoms with Gasteiger partial charge in [0.15, 0.2) is 0 Å². The summed E-state index contributed by atoms with van der Waals surface area (Å²) in [6, 6.07) is 5.03. The second kappa shape index (κ2) is 5.65. The van der Waals surface area contributed by atoms with Crippen molar-refractivity contribution in [2.45, 2.75) is 46.1 Å². The summed E-state index contributed by atoms with van der Waals surface area (Å²) in [7, 11) is 0. The monoisotopic (exact) mass is 274 g/mol. The SMILES string of the molecule is CCC(C)CC(CC)N1C(=O)c2cccc(N)c2C1=O. The molecule has 0 radical (unpaired) electrons. The number of nitrogens with zero attached hydrogens (tertiary/aromatic N) is 1. The van der Waals surface area contributed by atoms with Crippen LogP contribution in [0.25, 0.3) is 0 Å². The van der Waals surface area contributed by atoms with Crippen molar-refractivity contribution >= 4 is 17.5 Å². The molecule has 1 aromatic carbocycles. The summed E-state index contributed by atoms with van der Waals surface area (Å²) in [6.45, 7) is 6.28. The van der Waals surface area contributed by atoms with Gasteiger partial charge in [-0.25, -0.2) is 0 Å². The Morgan fingerprint density at radius 1 is 1.15 bits per heavy atom. The molecule has 2 atom stereocenters. The number of fused-ring (bicyclic) bond motifs is 1. The molecule has 4 heteroatoms. The smallest absolute Gasteiger partial charge is 0.263 e. The molecule has 0 fully saturated rings. The van der Waals surface area contributed by atoms with E-state index in [1.165, 1.54) is 4.90 Å². The highest BCUT2D eigenvalue weighted by molar-refractivity contribution is 6.23. The summed E-state index contributed by atoms with van der Waals surface area (Å²) >= 11 is 0. The first-order valence-corrected chi connectivity index (χ1v) is 7.27. The lowest BCUT2D eigenvalue weighted by Crippen LogP contribution is -2.40. The molecule has 1 aromatic rings. The van der Waals surface area contributed by atoms with Crippen molar-refractivity contribution in [1.82, 2.24) is 4.90 Å². The van der Waals surface area contributed by atoms with Crippen molar-refractivity contribution in [3.63, 3.8) is 0 Å². The number of hydrogen-bond donors (Lipinski definition) is 1. The van der Waals surface area contributed by atoms with E-state index in [9.17, 15) is 9.59 Å². The Hall–Kier alpha value is -1.84. The van der Waals surface area contributed by atoms with E-state index in [0.717, 1.165) is 19.3 Å². The Kier molecular flexibility index (Phi) is 4.12. The maximum absolute atomic E-state index is 12.5. The van der Waals surface area contributed by atoms with Crippen LogP contribution in [0.2, 0.25) is 0 Å². The Morgan fingerprint density at radius 2 is 1.85 bits per heavy atom. The minimum absolute atomic E-state index is 0.0447. The summed E-state index contributed by atoms with van der Waals surface area (Å²) in [6.07, 6.45) is 2.66. The van der Waals surface area contributed by atoms with E-state index in [2.05, 4.69) is 13.8 Å². The number of carbonyl (C=O) groups excluding carboxylic acids is 2. The number of nitrogen functional groups attached to an aromatic ring is 1. The molecule has 108 valence electrons. The summed E-state index contributed by atoms with van der Waals surface area (Å²) in [5.74, 6) is 0.0484. The highest BCUT2D eigenvalue weighted by atomic mass is 16.2. The van der Waals surface area contributed by atoms with Crippen LogP contribution in [0.5, 0.6) is 0 Å². The lowest BCUT2D eigenvalue weighted by molar-refractivity contribution is 0.0559. The maximum atomic E-state index is 12.5. The minimum Gasteiger partial charge on any atom is -0.398 e. The van der Waals surface area contributed by atoms with Crippen LogP contribution in [0.4, 0.5) is 5.69 Å². The molecule has 2 amide bonds. The number of hydrogen-bond acceptors (Lipinski definition) is 3. The molecule has 4 nitrogen and oxygen atoms in total. The molecule has 1 aliphatic rings. The fourth-order valence-electron chi connectivity index (χ4n) is 2.75. The predicted molar refractivity (Wildman–Crippen MR) is 79.5 cm³/mol. The Morgan fingerprint density at radius 3 is 2.40 bits per heavy atom. The van der Waals surface area contributed by atoms with Gasteiger partial charge in [-0.05, 0) is 30.9 Å². The first-order valence-electron chi connectivity index (χ1n) is 7.27. The Labute approximate surface area is 119 Å². The van der Waals surface area contributed by atoms with Crippen molar-refractivity contribution in [3.05, 3.63) is 29.3 Å². The fourth-order valence-corrected chi connectivity index (χ4v) is 2.75. The van der Waals surface area contributed by atoms with Crippen molar-refractivity contribution in [3.8, 4) is 0 Å². The number of imide groups is 1. The maximum Gasteiger partial charge on any atom is 0.263 e. The van der Waals surface area contributed by atoms with Gasteiger partial charge in [0, 0.05) is 11.7 Å². The van der Waals surface area contributed by atoms with E-state index in [1.54, 1.807) is 18.2 Å². The van der Waals surface area contributed by atoms with Crippen LogP contribution in [0.1, 0.15) is 60.7 Å². The largest absolute Gasteiger partial charge is 0.398 e. The second-order valence-corrected chi connectivity index (χ2v) is 5.56. The third-order valence-corrected chi connectivity index (χ3v) is 4.19. The van der Waals surface area contributed by atoms with Gasteiger partial charge in [-0.15, -0.1) is 0 Å². The van der Waals surface area contributed by atoms with Gasteiger partial charge in [-0.3, -0.25) is 14.5 Å². The Bertz CT molecular complexity index is 539. The summed E-state index contributed by atoms with van der Waals surface area (Å²) < 4.78 is 0. The standard InChI is InChI=1S/C16H22N2O2/c1-4-10(3)9-11(5-2)18-15(19)12-7-6-8-13(17)14(12)16(18)20/h6-8,10-11H,4-5,9,17H2,1-3H3. The Balaban J connectivity index is 2.34. The van der Waals surface area contributed by atoms with Gasteiger partial charge >= 0.3 is 0 Å². The van der Waals surface area contributed by atoms with Crippen LogP contribution in [0.3, 0.4) is 0 Å². The van der Waals surface area contributed by atoms with Gasteiger partial charge < -0.3 is 5.73 Å². The second-order valence-electron chi connectivity index (χ2n) is 5.56. The van der Waals surface area contributed by atoms with Crippen LogP contribution in [0, 0.1) is 5.92 Å². The van der Waals surface area contributed by atoms with E-state index in [-0.39, 0.29) is 17.9 Å². The first-order chi connectivity index (χ1) is 9.51. The van der Waals surface area contributed by atoms with Gasteiger partial charge in [0.05, 0.1) is 11.1 Å². The molecule has 0 bridgehead atoms. The molecule has 0 aliphatic carbocycles. The zero-order chi connectivity index (χ0) is 14.9. The molecule has 20 heavy (non-hydrogen) atoms. The van der Waals surface area contributed by atoms with E-state index in [1.807, 2.05) is 6.92 Å². The van der Waals surface area contributed by atoms with E-state index >= 15 is 0 Å². The van der Waals surface area contributed by atoms with Crippen LogP contribution in [-0.4, -0.2) is 22.8 Å². The topological polar surface area (TPSA) is 63.4 Å². The molecule has 2 rings (SSSR count). The number of amides is 2. The van der Waals surface area contributed by atoms with Crippen molar-refractivity contribution in [2.75, 3.05) is 5.73 Å². The molecular formula is C16H22N2O2. The normalized spacial score (nSPS) is 17.2. The van der Waals surface area contributed by atoms with Crippen molar-refractivity contribution < 1.29 is 9.59 Å². The lowest BCUT2D eigenvalue weighted by atomic mass is 9.96. The van der Waals surface area contributed by atoms with Gasteiger partial charge in [0.25, 0.3) is 11.8 Å². The van der Waals surface area contributed by atoms with Crippen LogP contribution < -0.4 is 5.73 Å². The lowest BCUT2D eigenvalue weighted by Gasteiger charge is -2.27. The zero-order valence-corrected chi connectivity index (χ0v) is 12.3. The zero-order valence-electron chi connectivity index (χ0n) is 12.3. The molecule has 0 aromatic heterocycles. The summed E-state index contributed by atoms with van der Waals surface area (Å²) in [5, 5.41) is 0. The molecule has 0 saturated carbocycles. The molecule has 1 aliphatic heterocycles. The minimum atomic E-state index is -0.238. The van der Waals surface area contributed by atoms with E-state index < -0.39 is 0 Å². The van der Waals surface area contributed by atoms with E-state index in [4.69, 9.17) is 5.73 Å². The number of carbonyl (C=O) groups is 2. The van der Waals surface area contributed by atoms with Gasteiger partial charge in [0.2, 0.25) is 0 Å². The van der Waals surface area contributed by atoms with Crippen LogP contribution in [0.15, 0.2) is 18.2 Å². The number of rotatable bonds is 5. The number of benzene rings is 1. The fraction of sp³-hybridized carbons (Fsp3) is 0.500. The van der Waals surface area contributed by atoms with Crippen molar-refractivity contribution in [1.29, 1.82) is 0 Å². The summed E-state index contributed by atoms with van der Waals surface area (Å²) in [4.78, 5) is 26.4. The molecule has 2 unspecified atom stereocenters. The third kappa shape index (κ3) is 2.30. The summed E-state index contributed by atoms with van der Waals surface area (Å²) in [5.41, 5.74) is 7.06. The molecule has 1 heterocycles. The highest BCUT2D eigenvalue weighted by Crippen LogP contribution is 2.31. The quantitative estimate of drug-likeness (QED) is 0.663. The average molecular weight is 274 g/mol. The number of nitrogens with two attached hydrogens (primary N) is 1. The predicted octanol–water partition coefficient (Wildman–Crippen LogP) is 3.08. The van der Waals surface area contributed by atoms with Crippen molar-refractivity contribution in [2.24, 2.45) is 5.92 Å². The third-order valence-electron chi connectivity index (χ3n) is 4.19. The van der Waals surface area contributed by atoms with Crippen LogP contribution >= 0.6 is 0 Å². The highest BCUT2D eigenvalue weighted by Gasteiger charge is 2.40. The molecule has 0 spiro atoms. The van der Waals surface area contributed by atoms with Gasteiger partial charge in [-0.1, -0.05) is 33.3 Å². The van der Waals surface area contributed by atoms with Crippen LogP contribution in [-0.2, 0) is 0 Å². The molecule has 2 N–H and O–H groups in total. The first kappa shape index (κ1) is 14.6. The van der Waals surface area contributed by atoms with Gasteiger partial charge in [0.1, 0.15) is 0 Å². The van der Waals surface area contributed by atoms with Gasteiger partial charge in [-0.2, -0.15) is 0 Å².